The minimum absolute atomic E-state index is 0.0640. The second kappa shape index (κ2) is 6.27. The van der Waals surface area contributed by atoms with Crippen molar-refractivity contribution in [3.63, 3.8) is 0 Å². The van der Waals surface area contributed by atoms with Crippen LogP contribution in [0.1, 0.15) is 50.4 Å². The van der Waals surface area contributed by atoms with E-state index < -0.39 is 17.8 Å². The van der Waals surface area contributed by atoms with Crippen molar-refractivity contribution in [1.29, 1.82) is 0 Å². The van der Waals surface area contributed by atoms with Gasteiger partial charge in [-0.3, -0.25) is 9.48 Å². The van der Waals surface area contributed by atoms with E-state index in [9.17, 15) is 18.0 Å². The van der Waals surface area contributed by atoms with Crippen molar-refractivity contribution < 1.29 is 18.0 Å². The first-order valence-electron chi connectivity index (χ1n) is 9.62. The Morgan fingerprint density at radius 2 is 1.81 bits per heavy atom. The molecule has 1 amide bonds. The third-order valence-electron chi connectivity index (χ3n) is 6.70. The van der Waals surface area contributed by atoms with Crippen LogP contribution in [-0.2, 0) is 17.5 Å². The molecule has 0 aromatic carbocycles. The highest BCUT2D eigenvalue weighted by Crippen LogP contribution is 2.53. The number of hydrogen-bond donors (Lipinski definition) is 1. The van der Waals surface area contributed by atoms with Crippen molar-refractivity contribution in [3.05, 3.63) is 17.5 Å². The Bertz CT molecular complexity index is 669. The minimum Gasteiger partial charge on any atom is -0.353 e. The molecule has 1 N–H and O–H groups in total. The summed E-state index contributed by atoms with van der Waals surface area (Å²) in [6.45, 7) is 3.52. The average Bonchev–Trinajstić information content (AvgIpc) is 2.91. The second-order valence-corrected chi connectivity index (χ2v) is 8.72. The lowest BCUT2D eigenvalue weighted by atomic mass is 9.54. The van der Waals surface area contributed by atoms with E-state index in [0.717, 1.165) is 17.9 Å². The van der Waals surface area contributed by atoms with Gasteiger partial charge in [0.15, 0.2) is 5.69 Å². The van der Waals surface area contributed by atoms with Gasteiger partial charge in [0.25, 0.3) is 0 Å². The predicted octanol–water partition coefficient (Wildman–Crippen LogP) is 3.79. The molecule has 26 heavy (non-hydrogen) atoms. The van der Waals surface area contributed by atoms with Crippen LogP contribution in [0.4, 0.5) is 13.2 Å². The molecule has 4 nitrogen and oxygen atoms in total. The number of nitrogens with one attached hydrogen (secondary N) is 1. The molecule has 0 saturated heterocycles. The largest absolute Gasteiger partial charge is 0.435 e. The smallest absolute Gasteiger partial charge is 0.353 e. The molecule has 4 bridgehead atoms. The molecule has 5 rings (SSSR count). The highest BCUT2D eigenvalue weighted by molar-refractivity contribution is 5.78. The zero-order valence-electron chi connectivity index (χ0n) is 15.2. The van der Waals surface area contributed by atoms with Crippen molar-refractivity contribution in [2.75, 3.05) is 0 Å². The molecular weight excluding hydrogens is 343 g/mol. The molecule has 1 aromatic rings. The van der Waals surface area contributed by atoms with Gasteiger partial charge in [-0.05, 0) is 68.8 Å². The van der Waals surface area contributed by atoms with E-state index in [1.54, 1.807) is 13.8 Å². The Hall–Kier alpha value is -1.53. The number of hydrogen-bond acceptors (Lipinski definition) is 2. The van der Waals surface area contributed by atoms with Crippen LogP contribution >= 0.6 is 0 Å². The van der Waals surface area contributed by atoms with Gasteiger partial charge in [0.05, 0.1) is 12.5 Å². The minimum atomic E-state index is -4.46. The molecule has 4 aliphatic carbocycles. The van der Waals surface area contributed by atoms with Crippen LogP contribution in [0.25, 0.3) is 0 Å². The van der Waals surface area contributed by atoms with E-state index in [1.807, 2.05) is 0 Å². The Morgan fingerprint density at radius 3 is 2.31 bits per heavy atom. The molecule has 1 heterocycles. The van der Waals surface area contributed by atoms with Gasteiger partial charge in [-0.15, -0.1) is 0 Å². The van der Waals surface area contributed by atoms with Crippen molar-refractivity contribution in [1.82, 2.24) is 15.1 Å². The molecule has 4 fully saturated rings. The second-order valence-electron chi connectivity index (χ2n) is 8.72. The Labute approximate surface area is 151 Å². The van der Waals surface area contributed by atoms with Crippen molar-refractivity contribution >= 4 is 5.91 Å². The van der Waals surface area contributed by atoms with E-state index in [1.165, 1.54) is 36.8 Å². The van der Waals surface area contributed by atoms with Gasteiger partial charge >= 0.3 is 6.18 Å². The summed E-state index contributed by atoms with van der Waals surface area (Å²) in [7, 11) is 0. The van der Waals surface area contributed by atoms with Crippen LogP contribution in [0.3, 0.4) is 0 Å². The number of halogens is 3. The van der Waals surface area contributed by atoms with Crippen LogP contribution in [0.15, 0.2) is 6.07 Å². The van der Waals surface area contributed by atoms with Gasteiger partial charge in [0.1, 0.15) is 0 Å². The molecule has 1 atom stereocenters. The van der Waals surface area contributed by atoms with Crippen LogP contribution < -0.4 is 5.32 Å². The predicted molar refractivity (Wildman–Crippen MR) is 90.1 cm³/mol. The van der Waals surface area contributed by atoms with Crippen molar-refractivity contribution in [2.45, 2.75) is 64.7 Å². The van der Waals surface area contributed by atoms with Crippen LogP contribution in [0.5, 0.6) is 0 Å². The Morgan fingerprint density at radius 1 is 1.23 bits per heavy atom. The summed E-state index contributed by atoms with van der Waals surface area (Å²) < 4.78 is 39.7. The number of aromatic nitrogens is 2. The highest BCUT2D eigenvalue weighted by Gasteiger charge is 2.48. The van der Waals surface area contributed by atoms with E-state index in [4.69, 9.17) is 0 Å². The summed E-state index contributed by atoms with van der Waals surface area (Å²) in [5, 5.41) is 6.87. The quantitative estimate of drug-likeness (QED) is 0.878. The van der Waals surface area contributed by atoms with Gasteiger partial charge in [0.2, 0.25) is 5.91 Å². The van der Waals surface area contributed by atoms with E-state index in [-0.39, 0.29) is 18.5 Å². The standard InChI is InChI=1S/C19H26F3N3O/c1-10(9-25-11(2)3-16(24-25)19(20,21)22)18(26)23-17-14-5-12-4-13(7-14)8-15(17)6-12/h3,10,12-15,17H,4-9H2,1-2H3,(H,23,26)/t10-,12?,13?,14?,15?,17?/m1/s1. The van der Waals surface area contributed by atoms with E-state index in [0.29, 0.717) is 17.5 Å². The van der Waals surface area contributed by atoms with Gasteiger partial charge in [-0.1, -0.05) is 6.92 Å². The number of aryl methyl sites for hydroxylation is 1. The van der Waals surface area contributed by atoms with Gasteiger partial charge in [-0.25, -0.2) is 0 Å². The Balaban J connectivity index is 1.39. The Kier molecular flexibility index (Phi) is 4.31. The summed E-state index contributed by atoms with van der Waals surface area (Å²) in [4.78, 5) is 12.7. The molecule has 0 aliphatic heterocycles. The number of amides is 1. The lowest BCUT2D eigenvalue weighted by Crippen LogP contribution is -2.56. The molecule has 144 valence electrons. The normalized spacial score (nSPS) is 34.1. The molecule has 4 saturated carbocycles. The highest BCUT2D eigenvalue weighted by atomic mass is 19.4. The number of nitrogens with zero attached hydrogens (tertiary/aromatic N) is 2. The monoisotopic (exact) mass is 369 g/mol. The third kappa shape index (κ3) is 3.25. The lowest BCUT2D eigenvalue weighted by molar-refractivity contribution is -0.141. The molecule has 0 unspecified atom stereocenters. The summed E-state index contributed by atoms with van der Waals surface area (Å²) in [5.74, 6) is 2.39. The first kappa shape index (κ1) is 17.9. The van der Waals surface area contributed by atoms with Crippen LogP contribution in [0.2, 0.25) is 0 Å². The first-order valence-corrected chi connectivity index (χ1v) is 9.62. The number of alkyl halides is 3. The summed E-state index contributed by atoms with van der Waals surface area (Å²) in [5.41, 5.74) is -0.477. The van der Waals surface area contributed by atoms with Gasteiger partial charge < -0.3 is 5.32 Å². The van der Waals surface area contributed by atoms with Crippen LogP contribution in [0, 0.1) is 36.5 Å². The summed E-state index contributed by atoms with van der Waals surface area (Å²) >= 11 is 0. The molecule has 7 heteroatoms. The molecule has 4 aliphatic rings. The molecular formula is C19H26F3N3O. The number of carbonyl (C=O) groups is 1. The van der Waals surface area contributed by atoms with Gasteiger partial charge in [-0.2, -0.15) is 18.3 Å². The number of carbonyl (C=O) groups excluding carboxylic acids is 1. The average molecular weight is 369 g/mol. The van der Waals surface area contributed by atoms with Crippen molar-refractivity contribution in [3.8, 4) is 0 Å². The van der Waals surface area contributed by atoms with Gasteiger partial charge in [0, 0.05) is 11.7 Å². The fraction of sp³-hybridized carbons (Fsp3) is 0.789. The maximum Gasteiger partial charge on any atom is 0.435 e. The maximum absolute atomic E-state index is 12.8. The molecule has 0 spiro atoms. The molecule has 1 aromatic heterocycles. The first-order chi connectivity index (χ1) is 12.2. The topological polar surface area (TPSA) is 46.9 Å². The third-order valence-corrected chi connectivity index (χ3v) is 6.70. The zero-order chi connectivity index (χ0) is 18.6. The summed E-state index contributed by atoms with van der Waals surface area (Å²) in [6.07, 6.45) is 1.80. The molecule has 0 radical (unpaired) electrons. The van der Waals surface area contributed by atoms with Crippen LogP contribution in [-0.4, -0.2) is 21.7 Å². The SMILES string of the molecule is Cc1cc(C(F)(F)F)nn1C[C@@H](C)C(=O)NC1C2CC3CC(C2)CC1C3. The zero-order valence-corrected chi connectivity index (χ0v) is 15.2. The summed E-state index contributed by atoms with van der Waals surface area (Å²) in [6, 6.07) is 1.28. The lowest BCUT2D eigenvalue weighted by Gasteiger charge is -2.54. The van der Waals surface area contributed by atoms with Crippen molar-refractivity contribution in [2.24, 2.45) is 29.6 Å². The fourth-order valence-corrected chi connectivity index (χ4v) is 5.64. The van der Waals surface area contributed by atoms with E-state index in [2.05, 4.69) is 10.4 Å². The van der Waals surface area contributed by atoms with E-state index >= 15 is 0 Å². The maximum atomic E-state index is 12.8. The number of rotatable bonds is 4. The fourth-order valence-electron chi connectivity index (χ4n) is 5.64.